The quantitative estimate of drug-likeness (QED) is 0.596. The third-order valence-corrected chi connectivity index (χ3v) is 6.12. The van der Waals surface area contributed by atoms with Gasteiger partial charge in [0.1, 0.15) is 11.6 Å². The standard InChI is InChI=1S/C20H19N3O5S/c1-13-4-6-16(29(25,26)23(2)3)10-17(13)22-20(24)15(11-21)8-14-5-7-18-19(9-14)28-12-27-18/h4-10H,12H2,1-3H3,(H,22,24). The lowest BCUT2D eigenvalue weighted by atomic mass is 10.1. The zero-order chi connectivity index (χ0) is 21.2. The average molecular weight is 413 g/mol. The van der Waals surface area contributed by atoms with Crippen molar-refractivity contribution >= 4 is 27.7 Å². The van der Waals surface area contributed by atoms with Gasteiger partial charge in [0.05, 0.1) is 4.90 Å². The summed E-state index contributed by atoms with van der Waals surface area (Å²) in [5, 5.41) is 12.0. The van der Waals surface area contributed by atoms with Crippen LogP contribution >= 0.6 is 0 Å². The lowest BCUT2D eigenvalue weighted by molar-refractivity contribution is -0.112. The van der Waals surface area contributed by atoms with Gasteiger partial charge in [-0.3, -0.25) is 4.79 Å². The topological polar surface area (TPSA) is 109 Å². The molecule has 29 heavy (non-hydrogen) atoms. The Balaban J connectivity index is 1.88. The Morgan fingerprint density at radius 3 is 2.59 bits per heavy atom. The van der Waals surface area contributed by atoms with Crippen molar-refractivity contribution < 1.29 is 22.7 Å². The molecule has 0 saturated heterocycles. The first-order chi connectivity index (χ1) is 13.7. The summed E-state index contributed by atoms with van der Waals surface area (Å²) < 4.78 is 36.3. The maximum absolute atomic E-state index is 12.6. The summed E-state index contributed by atoms with van der Waals surface area (Å²) in [7, 11) is -0.804. The molecule has 0 saturated carbocycles. The molecule has 0 radical (unpaired) electrons. The lowest BCUT2D eigenvalue weighted by Gasteiger charge is -2.14. The number of anilines is 1. The monoisotopic (exact) mass is 413 g/mol. The van der Waals surface area contributed by atoms with Crippen molar-refractivity contribution in [3.8, 4) is 17.6 Å². The number of hydrogen-bond acceptors (Lipinski definition) is 6. The average Bonchev–Trinajstić information content (AvgIpc) is 3.15. The molecule has 1 N–H and O–H groups in total. The first kappa shape index (κ1) is 20.4. The Hall–Kier alpha value is -3.35. The van der Waals surface area contributed by atoms with E-state index in [-0.39, 0.29) is 17.3 Å². The molecule has 0 unspecified atom stereocenters. The molecule has 0 bridgehead atoms. The van der Waals surface area contributed by atoms with Crippen molar-refractivity contribution in [3.05, 3.63) is 53.1 Å². The van der Waals surface area contributed by atoms with Crippen LogP contribution in [0.3, 0.4) is 0 Å². The van der Waals surface area contributed by atoms with E-state index in [0.29, 0.717) is 28.3 Å². The molecule has 1 aliphatic heterocycles. The van der Waals surface area contributed by atoms with E-state index < -0.39 is 15.9 Å². The smallest absolute Gasteiger partial charge is 0.266 e. The summed E-state index contributed by atoms with van der Waals surface area (Å²) in [4.78, 5) is 12.7. The van der Waals surface area contributed by atoms with Gasteiger partial charge in [0.2, 0.25) is 16.8 Å². The van der Waals surface area contributed by atoms with Gasteiger partial charge in [0, 0.05) is 19.8 Å². The molecule has 2 aromatic rings. The Bertz CT molecular complexity index is 1150. The van der Waals surface area contributed by atoms with E-state index in [1.54, 1.807) is 31.2 Å². The fourth-order valence-corrected chi connectivity index (χ4v) is 3.54. The molecule has 1 amide bonds. The van der Waals surface area contributed by atoms with Gasteiger partial charge in [0.25, 0.3) is 5.91 Å². The summed E-state index contributed by atoms with van der Waals surface area (Å²) in [5.41, 5.74) is 1.44. The number of amides is 1. The number of ether oxygens (including phenoxy) is 2. The van der Waals surface area contributed by atoms with Gasteiger partial charge in [-0.05, 0) is 48.4 Å². The zero-order valence-electron chi connectivity index (χ0n) is 16.1. The number of benzene rings is 2. The minimum atomic E-state index is -3.66. The second-order valence-corrected chi connectivity index (χ2v) is 8.65. The minimum Gasteiger partial charge on any atom is -0.454 e. The maximum Gasteiger partial charge on any atom is 0.266 e. The highest BCUT2D eigenvalue weighted by molar-refractivity contribution is 7.89. The number of carbonyl (C=O) groups excluding carboxylic acids is 1. The van der Waals surface area contributed by atoms with E-state index in [1.807, 2.05) is 6.07 Å². The van der Waals surface area contributed by atoms with Gasteiger partial charge in [-0.15, -0.1) is 0 Å². The molecular formula is C20H19N3O5S. The van der Waals surface area contributed by atoms with Gasteiger partial charge < -0.3 is 14.8 Å². The summed E-state index contributed by atoms with van der Waals surface area (Å²) in [6, 6.07) is 11.4. The second-order valence-electron chi connectivity index (χ2n) is 6.50. The highest BCUT2D eigenvalue weighted by atomic mass is 32.2. The maximum atomic E-state index is 12.6. The molecule has 3 rings (SSSR count). The molecule has 150 valence electrons. The van der Waals surface area contributed by atoms with Crippen molar-refractivity contribution in [1.29, 1.82) is 5.26 Å². The van der Waals surface area contributed by atoms with E-state index in [2.05, 4.69) is 5.32 Å². The van der Waals surface area contributed by atoms with Crippen LogP contribution in [0.15, 0.2) is 46.9 Å². The molecule has 0 atom stereocenters. The first-order valence-electron chi connectivity index (χ1n) is 8.58. The van der Waals surface area contributed by atoms with Crippen molar-refractivity contribution in [2.75, 3.05) is 26.2 Å². The molecule has 2 aromatic carbocycles. The Labute approximate surface area is 169 Å². The van der Waals surface area contributed by atoms with Crippen molar-refractivity contribution in [2.45, 2.75) is 11.8 Å². The highest BCUT2D eigenvalue weighted by Crippen LogP contribution is 2.33. The number of rotatable bonds is 5. The molecular weight excluding hydrogens is 394 g/mol. The molecule has 0 fully saturated rings. The molecule has 8 nitrogen and oxygen atoms in total. The Morgan fingerprint density at radius 1 is 1.17 bits per heavy atom. The third-order valence-electron chi connectivity index (χ3n) is 4.31. The van der Waals surface area contributed by atoms with Crippen LogP contribution in [0.2, 0.25) is 0 Å². The number of nitrogens with one attached hydrogen (secondary N) is 1. The number of nitriles is 1. The summed E-state index contributed by atoms with van der Waals surface area (Å²) in [6.45, 7) is 1.86. The van der Waals surface area contributed by atoms with Crippen LogP contribution in [0.5, 0.6) is 11.5 Å². The van der Waals surface area contributed by atoms with Crippen LogP contribution in [0.4, 0.5) is 5.69 Å². The number of sulfonamides is 1. The van der Waals surface area contributed by atoms with Gasteiger partial charge in [-0.1, -0.05) is 12.1 Å². The van der Waals surface area contributed by atoms with Crippen LogP contribution in [-0.4, -0.2) is 39.5 Å². The SMILES string of the molecule is Cc1ccc(S(=O)(=O)N(C)C)cc1NC(=O)C(C#N)=Cc1ccc2c(c1)OCO2. The number of nitrogens with zero attached hydrogens (tertiary/aromatic N) is 2. The largest absolute Gasteiger partial charge is 0.454 e. The van der Waals surface area contributed by atoms with Crippen LogP contribution in [-0.2, 0) is 14.8 Å². The number of fused-ring (bicyclic) bond motifs is 1. The molecule has 0 spiro atoms. The second kappa shape index (κ2) is 7.95. The van der Waals surface area contributed by atoms with Gasteiger partial charge in [0.15, 0.2) is 11.5 Å². The van der Waals surface area contributed by atoms with Crippen LogP contribution in [0, 0.1) is 18.3 Å². The molecule has 1 heterocycles. The minimum absolute atomic E-state index is 0.0432. The molecule has 0 aliphatic carbocycles. The van der Waals surface area contributed by atoms with E-state index in [1.165, 1.54) is 32.3 Å². The van der Waals surface area contributed by atoms with Crippen molar-refractivity contribution in [1.82, 2.24) is 4.31 Å². The van der Waals surface area contributed by atoms with Gasteiger partial charge in [-0.25, -0.2) is 12.7 Å². The highest BCUT2D eigenvalue weighted by Gasteiger charge is 2.20. The lowest BCUT2D eigenvalue weighted by Crippen LogP contribution is -2.22. The third kappa shape index (κ3) is 4.23. The molecule has 1 aliphatic rings. The summed E-state index contributed by atoms with van der Waals surface area (Å²) >= 11 is 0. The molecule has 0 aromatic heterocycles. The van der Waals surface area contributed by atoms with Gasteiger partial charge >= 0.3 is 0 Å². The number of hydrogen-bond donors (Lipinski definition) is 1. The predicted molar refractivity (Wildman–Crippen MR) is 107 cm³/mol. The Kier molecular flexibility index (Phi) is 5.59. The summed E-state index contributed by atoms with van der Waals surface area (Å²) in [6.07, 6.45) is 1.42. The van der Waals surface area contributed by atoms with E-state index in [0.717, 1.165) is 4.31 Å². The van der Waals surface area contributed by atoms with Crippen molar-refractivity contribution in [3.63, 3.8) is 0 Å². The van der Waals surface area contributed by atoms with Crippen LogP contribution in [0.25, 0.3) is 6.08 Å². The van der Waals surface area contributed by atoms with E-state index in [9.17, 15) is 18.5 Å². The predicted octanol–water partition coefficient (Wildman–Crippen LogP) is 2.52. The fraction of sp³-hybridized carbons (Fsp3) is 0.200. The van der Waals surface area contributed by atoms with Crippen LogP contribution < -0.4 is 14.8 Å². The normalized spacial score (nSPS) is 13.3. The Morgan fingerprint density at radius 2 is 1.90 bits per heavy atom. The van der Waals surface area contributed by atoms with E-state index >= 15 is 0 Å². The summed E-state index contributed by atoms with van der Waals surface area (Å²) in [5.74, 6) is 0.487. The van der Waals surface area contributed by atoms with Crippen molar-refractivity contribution in [2.24, 2.45) is 0 Å². The first-order valence-corrected chi connectivity index (χ1v) is 10.0. The molecule has 9 heteroatoms. The number of carbonyl (C=O) groups is 1. The zero-order valence-corrected chi connectivity index (χ0v) is 16.9. The van der Waals surface area contributed by atoms with E-state index in [4.69, 9.17) is 9.47 Å². The van der Waals surface area contributed by atoms with Gasteiger partial charge in [-0.2, -0.15) is 5.26 Å². The van der Waals surface area contributed by atoms with Crippen LogP contribution in [0.1, 0.15) is 11.1 Å². The number of aryl methyl sites for hydroxylation is 1. The fourth-order valence-electron chi connectivity index (χ4n) is 2.61.